The Morgan fingerprint density at radius 1 is 0.673 bits per heavy atom. The van der Waals surface area contributed by atoms with E-state index in [2.05, 4.69) is 0 Å². The smallest absolute Gasteiger partial charge is 0.330 e. The van der Waals surface area contributed by atoms with Crippen molar-refractivity contribution in [3.8, 4) is 34.1 Å². The van der Waals surface area contributed by atoms with Gasteiger partial charge in [-0.05, 0) is 47.5 Å². The van der Waals surface area contributed by atoms with Crippen LogP contribution in [0.25, 0.3) is 23.3 Å². The van der Waals surface area contributed by atoms with Gasteiger partial charge in [0.15, 0.2) is 41.9 Å². The summed E-state index contributed by atoms with van der Waals surface area (Å²) in [6.45, 7) is -1.40. The Hall–Kier alpha value is -4.42. The van der Waals surface area contributed by atoms with Crippen molar-refractivity contribution in [1.29, 1.82) is 0 Å². The number of phenolic OH excluding ortho intramolecular Hbond substituents is 2. The number of aliphatic hydroxyl groups excluding tert-OH is 8. The monoisotopic (exact) mass is 782 g/mol. The van der Waals surface area contributed by atoms with E-state index in [4.69, 9.17) is 37.9 Å². The normalized spacial score (nSPS) is 32.3. The maximum atomic E-state index is 12.7. The Labute approximate surface area is 312 Å². The Kier molecular flexibility index (Phi) is 13.7. The molecule has 20 nitrogen and oxygen atoms in total. The van der Waals surface area contributed by atoms with Crippen molar-refractivity contribution in [2.45, 2.75) is 73.8 Å². The first-order chi connectivity index (χ1) is 26.1. The second-order valence-corrected chi connectivity index (χ2v) is 12.6. The third-order valence-corrected chi connectivity index (χ3v) is 8.92. The van der Waals surface area contributed by atoms with Gasteiger partial charge in [-0.1, -0.05) is 0 Å². The van der Waals surface area contributed by atoms with Gasteiger partial charge in [0.2, 0.25) is 0 Å². The van der Waals surface area contributed by atoms with E-state index in [1.165, 1.54) is 50.6 Å². The average Bonchev–Trinajstić information content (AvgIpc) is 3.58. The molecule has 20 heteroatoms. The molecule has 3 saturated heterocycles. The molecule has 0 spiro atoms. The van der Waals surface area contributed by atoms with Gasteiger partial charge >= 0.3 is 11.9 Å². The van der Waals surface area contributed by atoms with E-state index in [-0.39, 0.29) is 34.8 Å². The molecular weight excluding hydrogens is 740 g/mol. The molecule has 12 atom stereocenters. The summed E-state index contributed by atoms with van der Waals surface area (Å²) in [6.07, 6.45) is -13.4. The number of aromatic hydroxyl groups is 2. The predicted octanol–water partition coefficient (Wildman–Crippen LogP) is -2.76. The van der Waals surface area contributed by atoms with E-state index in [9.17, 15) is 60.7 Å². The SMILES string of the molecule is COc1cc(C=CC(=O)OC[C@@H]2O[C@H](O)[C@H](O)[C@H]2O)cc(-c2cc(C=CC(=O)OC[C@@H]3O[C@@H](O)[C@H](O[C@@H]4OC[C@@H](O)[C@H](O)[C@H]4O)[C@H]3O)cc(OC)c2O)c1O. The first-order valence-corrected chi connectivity index (χ1v) is 16.7. The fourth-order valence-electron chi connectivity index (χ4n) is 5.85. The van der Waals surface area contributed by atoms with Crippen LogP contribution < -0.4 is 9.47 Å². The van der Waals surface area contributed by atoms with Crippen LogP contribution in [0.2, 0.25) is 0 Å². The minimum absolute atomic E-state index is 0.0158. The van der Waals surface area contributed by atoms with Crippen molar-refractivity contribution in [3.63, 3.8) is 0 Å². The summed E-state index contributed by atoms with van der Waals surface area (Å²) in [5.41, 5.74) is 0.601. The van der Waals surface area contributed by atoms with Crippen LogP contribution >= 0.6 is 0 Å². The number of methoxy groups -OCH3 is 2. The van der Waals surface area contributed by atoms with E-state index >= 15 is 0 Å². The summed E-state index contributed by atoms with van der Waals surface area (Å²) in [5, 5.41) is 101. The number of carbonyl (C=O) groups excluding carboxylic acids is 2. The van der Waals surface area contributed by atoms with Gasteiger partial charge in [0.1, 0.15) is 68.1 Å². The van der Waals surface area contributed by atoms with Crippen LogP contribution in [-0.2, 0) is 38.0 Å². The van der Waals surface area contributed by atoms with Gasteiger partial charge in [0, 0.05) is 23.3 Å². The highest BCUT2D eigenvalue weighted by molar-refractivity contribution is 5.90. The highest BCUT2D eigenvalue weighted by atomic mass is 16.7. The molecule has 0 radical (unpaired) electrons. The third-order valence-electron chi connectivity index (χ3n) is 8.92. The molecule has 0 aromatic heterocycles. The van der Waals surface area contributed by atoms with Crippen LogP contribution in [0.15, 0.2) is 36.4 Å². The van der Waals surface area contributed by atoms with Gasteiger partial charge in [0.05, 0.1) is 20.8 Å². The molecule has 0 aliphatic carbocycles. The molecule has 2 aromatic carbocycles. The fourth-order valence-corrected chi connectivity index (χ4v) is 5.85. The predicted molar refractivity (Wildman–Crippen MR) is 181 cm³/mol. The zero-order valence-corrected chi connectivity index (χ0v) is 29.2. The number of rotatable bonds is 13. The maximum absolute atomic E-state index is 12.7. The first-order valence-electron chi connectivity index (χ1n) is 16.7. The average molecular weight is 783 g/mol. The zero-order valence-electron chi connectivity index (χ0n) is 29.2. The van der Waals surface area contributed by atoms with Crippen LogP contribution in [-0.4, -0.2) is 171 Å². The van der Waals surface area contributed by atoms with Gasteiger partial charge in [-0.2, -0.15) is 0 Å². The Balaban J connectivity index is 1.25. The molecule has 0 saturated carbocycles. The molecule has 3 aliphatic heterocycles. The molecule has 0 unspecified atom stereocenters. The number of benzene rings is 2. The molecule has 3 fully saturated rings. The standard InChI is InChI=1S/C35H42O20/c1-48-19-9-14(3-5-23(37)50-12-21-28(42)30(44)33(46)53-21)7-16(25(19)39)17-8-15(10-20(49-2)26(17)40)4-6-24(38)51-13-22-29(43)32(34(47)54-22)55-35-31(45)27(41)18(36)11-52-35/h3-10,18,21-22,27-36,39-47H,11-13H2,1-2H3/t18-,21+,22+,27+,28+,29+,30-,31-,32-,33+,34-,35+/m1/s1. The summed E-state index contributed by atoms with van der Waals surface area (Å²) < 4.78 is 41.5. The number of hydrogen-bond acceptors (Lipinski definition) is 20. The number of esters is 2. The zero-order chi connectivity index (χ0) is 40.1. The molecule has 3 aliphatic rings. The minimum Gasteiger partial charge on any atom is -0.504 e. The highest BCUT2D eigenvalue weighted by Gasteiger charge is 2.48. The molecule has 0 bridgehead atoms. The fraction of sp³-hybridized carbons (Fsp3) is 0.486. The molecule has 0 amide bonds. The van der Waals surface area contributed by atoms with Gasteiger partial charge in [-0.3, -0.25) is 0 Å². The van der Waals surface area contributed by atoms with Crippen LogP contribution in [0, 0.1) is 0 Å². The minimum atomic E-state index is -1.73. The lowest BCUT2D eigenvalue weighted by atomic mass is 9.97. The number of ether oxygens (including phenoxy) is 8. The summed E-state index contributed by atoms with van der Waals surface area (Å²) in [6, 6.07) is 5.56. The molecule has 5 rings (SSSR count). The van der Waals surface area contributed by atoms with E-state index in [0.29, 0.717) is 5.56 Å². The van der Waals surface area contributed by atoms with Crippen molar-refractivity contribution in [1.82, 2.24) is 0 Å². The van der Waals surface area contributed by atoms with Crippen molar-refractivity contribution < 1.29 is 98.5 Å². The van der Waals surface area contributed by atoms with Gasteiger partial charge in [-0.25, -0.2) is 9.59 Å². The van der Waals surface area contributed by atoms with Crippen molar-refractivity contribution in [3.05, 3.63) is 47.5 Å². The summed E-state index contributed by atoms with van der Waals surface area (Å²) in [4.78, 5) is 25.0. The van der Waals surface area contributed by atoms with E-state index in [1.54, 1.807) is 0 Å². The second-order valence-electron chi connectivity index (χ2n) is 12.6. The number of aliphatic hydroxyl groups is 8. The topological polar surface area (TPSA) is 310 Å². The lowest BCUT2D eigenvalue weighted by molar-refractivity contribution is -0.299. The highest BCUT2D eigenvalue weighted by Crippen LogP contribution is 2.46. The summed E-state index contributed by atoms with van der Waals surface area (Å²) in [7, 11) is 2.55. The van der Waals surface area contributed by atoms with Crippen LogP contribution in [0.3, 0.4) is 0 Å². The molecule has 2 aromatic rings. The maximum Gasteiger partial charge on any atom is 0.330 e. The lowest BCUT2D eigenvalue weighted by Gasteiger charge is -2.36. The van der Waals surface area contributed by atoms with Crippen molar-refractivity contribution >= 4 is 24.1 Å². The van der Waals surface area contributed by atoms with Crippen LogP contribution in [0.5, 0.6) is 23.0 Å². The third kappa shape index (κ3) is 9.52. The lowest BCUT2D eigenvalue weighted by Crippen LogP contribution is -2.55. The van der Waals surface area contributed by atoms with E-state index < -0.39 is 110 Å². The largest absolute Gasteiger partial charge is 0.504 e. The van der Waals surface area contributed by atoms with E-state index in [1.807, 2.05) is 0 Å². The molecule has 55 heavy (non-hydrogen) atoms. The number of phenols is 2. The Morgan fingerprint density at radius 2 is 1.16 bits per heavy atom. The van der Waals surface area contributed by atoms with Crippen molar-refractivity contribution in [2.75, 3.05) is 34.0 Å². The summed E-state index contributed by atoms with van der Waals surface area (Å²) in [5.74, 6) is -2.71. The van der Waals surface area contributed by atoms with Crippen LogP contribution in [0.1, 0.15) is 11.1 Å². The van der Waals surface area contributed by atoms with Gasteiger partial charge in [0.25, 0.3) is 0 Å². The van der Waals surface area contributed by atoms with E-state index in [0.717, 1.165) is 12.2 Å². The van der Waals surface area contributed by atoms with Gasteiger partial charge < -0.3 is 89.0 Å². The molecule has 302 valence electrons. The Morgan fingerprint density at radius 3 is 1.64 bits per heavy atom. The Bertz CT molecular complexity index is 1730. The number of hydrogen-bond donors (Lipinski definition) is 10. The second kappa shape index (κ2) is 18.0. The first kappa shape index (κ1) is 41.7. The summed E-state index contributed by atoms with van der Waals surface area (Å²) >= 11 is 0. The molecular formula is C35H42O20. The van der Waals surface area contributed by atoms with Gasteiger partial charge in [-0.15, -0.1) is 0 Å². The van der Waals surface area contributed by atoms with Crippen LogP contribution in [0.4, 0.5) is 0 Å². The quantitative estimate of drug-likeness (QED) is 0.0727. The van der Waals surface area contributed by atoms with Crippen molar-refractivity contribution in [2.24, 2.45) is 0 Å². The molecule has 10 N–H and O–H groups in total. The molecule has 3 heterocycles. The number of carbonyl (C=O) groups is 2.